The smallest absolute Gasteiger partial charge is 0.243 e. The predicted octanol–water partition coefficient (Wildman–Crippen LogP) is 5.62. The molecule has 0 aliphatic rings. The van der Waals surface area contributed by atoms with Crippen LogP contribution in [0.25, 0.3) is 0 Å². The van der Waals surface area contributed by atoms with Crippen LogP contribution in [0.4, 0.5) is 0 Å². The number of nitrogens with one attached hydrogen (secondary N) is 1. The summed E-state index contributed by atoms with van der Waals surface area (Å²) in [7, 11) is 0. The molecule has 0 bridgehead atoms. The van der Waals surface area contributed by atoms with Gasteiger partial charge in [-0.05, 0) is 48.2 Å². The van der Waals surface area contributed by atoms with Crippen LogP contribution in [-0.2, 0) is 29.0 Å². The van der Waals surface area contributed by atoms with E-state index in [9.17, 15) is 9.59 Å². The number of rotatable bonds is 9. The third-order valence-electron chi connectivity index (χ3n) is 5.58. The molecule has 3 aromatic rings. The molecule has 6 heteroatoms. The van der Waals surface area contributed by atoms with Crippen LogP contribution in [-0.4, -0.2) is 29.3 Å². The summed E-state index contributed by atoms with van der Waals surface area (Å²) in [5.74, 6) is -0.327. The van der Waals surface area contributed by atoms with E-state index in [1.807, 2.05) is 68.4 Å². The average Bonchev–Trinajstić information content (AvgIpc) is 2.79. The van der Waals surface area contributed by atoms with Gasteiger partial charge in [0, 0.05) is 29.6 Å². The maximum Gasteiger partial charge on any atom is 0.243 e. The molecular formula is C27H28Cl2N2O2. The quantitative estimate of drug-likeness (QED) is 0.430. The average molecular weight is 483 g/mol. The van der Waals surface area contributed by atoms with E-state index >= 15 is 0 Å². The van der Waals surface area contributed by atoms with Crippen LogP contribution >= 0.6 is 23.2 Å². The van der Waals surface area contributed by atoms with Gasteiger partial charge >= 0.3 is 0 Å². The lowest BCUT2D eigenvalue weighted by Gasteiger charge is -2.32. The molecule has 0 heterocycles. The minimum Gasteiger partial charge on any atom is -0.355 e. The molecule has 0 spiro atoms. The lowest BCUT2D eigenvalue weighted by Crippen LogP contribution is -2.51. The van der Waals surface area contributed by atoms with E-state index < -0.39 is 6.04 Å². The van der Waals surface area contributed by atoms with Gasteiger partial charge in [-0.3, -0.25) is 9.59 Å². The Morgan fingerprint density at radius 2 is 1.64 bits per heavy atom. The molecule has 1 N–H and O–H groups in total. The number of aryl methyl sites for hydroxylation is 1. The Morgan fingerprint density at radius 1 is 0.939 bits per heavy atom. The Balaban J connectivity index is 1.99. The van der Waals surface area contributed by atoms with Crippen molar-refractivity contribution < 1.29 is 9.59 Å². The standard InChI is InChI=1S/C27H28Cl2N2O2/c1-3-30-27(33)25(15-20-10-5-4-6-11-20)31(18-22-13-14-23(28)17-24(22)29)26(32)16-21-12-8-7-9-19(21)2/h4-14,17,25H,3,15-16,18H2,1-2H3,(H,30,33). The van der Waals surface area contributed by atoms with Crippen molar-refractivity contribution in [3.63, 3.8) is 0 Å². The van der Waals surface area contributed by atoms with Crippen molar-refractivity contribution in [3.8, 4) is 0 Å². The number of nitrogens with zero attached hydrogens (tertiary/aromatic N) is 1. The van der Waals surface area contributed by atoms with Crippen LogP contribution in [0, 0.1) is 6.92 Å². The second kappa shape index (κ2) is 11.9. The number of carbonyl (C=O) groups excluding carboxylic acids is 2. The maximum atomic E-state index is 13.7. The highest BCUT2D eigenvalue weighted by atomic mass is 35.5. The summed E-state index contributed by atoms with van der Waals surface area (Å²) in [6, 6.07) is 22.0. The molecule has 3 aromatic carbocycles. The number of benzene rings is 3. The lowest BCUT2D eigenvalue weighted by atomic mass is 10.0. The van der Waals surface area contributed by atoms with Gasteiger partial charge in [0.05, 0.1) is 6.42 Å². The summed E-state index contributed by atoms with van der Waals surface area (Å²) in [6.45, 7) is 4.53. The molecule has 0 aliphatic heterocycles. The second-order valence-corrected chi connectivity index (χ2v) is 8.80. The number of likely N-dealkylation sites (N-methyl/N-ethyl adjacent to an activating group) is 1. The molecule has 1 atom stereocenters. The fourth-order valence-corrected chi connectivity index (χ4v) is 4.22. The number of amides is 2. The maximum absolute atomic E-state index is 13.7. The molecule has 0 aliphatic carbocycles. The number of halogens is 2. The van der Waals surface area contributed by atoms with Gasteiger partial charge in [-0.2, -0.15) is 0 Å². The first-order chi connectivity index (χ1) is 15.9. The zero-order valence-electron chi connectivity index (χ0n) is 18.9. The first-order valence-corrected chi connectivity index (χ1v) is 11.7. The molecule has 1 unspecified atom stereocenters. The minimum atomic E-state index is -0.685. The van der Waals surface area contributed by atoms with Gasteiger partial charge in [0.2, 0.25) is 11.8 Å². The Labute approximate surface area is 205 Å². The van der Waals surface area contributed by atoms with Crippen LogP contribution in [0.15, 0.2) is 72.8 Å². The van der Waals surface area contributed by atoms with Gasteiger partial charge in [-0.15, -0.1) is 0 Å². The van der Waals surface area contributed by atoms with E-state index in [4.69, 9.17) is 23.2 Å². The highest BCUT2D eigenvalue weighted by molar-refractivity contribution is 6.35. The summed E-state index contributed by atoms with van der Waals surface area (Å²) in [5, 5.41) is 3.88. The van der Waals surface area contributed by atoms with E-state index in [1.54, 1.807) is 23.1 Å². The molecule has 3 rings (SSSR count). The first kappa shape index (κ1) is 24.8. The number of hydrogen-bond acceptors (Lipinski definition) is 2. The van der Waals surface area contributed by atoms with Gasteiger partial charge in [-0.25, -0.2) is 0 Å². The Hall–Kier alpha value is -2.82. The topological polar surface area (TPSA) is 49.4 Å². The van der Waals surface area contributed by atoms with Crippen molar-refractivity contribution in [3.05, 3.63) is 105 Å². The largest absolute Gasteiger partial charge is 0.355 e. The zero-order chi connectivity index (χ0) is 23.8. The predicted molar refractivity (Wildman–Crippen MR) is 135 cm³/mol. The molecule has 2 amide bonds. The Kier molecular flexibility index (Phi) is 8.93. The minimum absolute atomic E-state index is 0.137. The normalized spacial score (nSPS) is 11.6. The van der Waals surface area contributed by atoms with Gasteiger partial charge in [0.1, 0.15) is 6.04 Å². The van der Waals surface area contributed by atoms with Crippen molar-refractivity contribution in [2.75, 3.05) is 6.54 Å². The SMILES string of the molecule is CCNC(=O)C(Cc1ccccc1)N(Cc1ccc(Cl)cc1Cl)C(=O)Cc1ccccc1C. The van der Waals surface area contributed by atoms with E-state index in [0.717, 1.165) is 22.3 Å². The van der Waals surface area contributed by atoms with Crippen molar-refractivity contribution in [1.29, 1.82) is 0 Å². The van der Waals surface area contributed by atoms with E-state index in [2.05, 4.69) is 5.32 Å². The molecule has 33 heavy (non-hydrogen) atoms. The van der Waals surface area contributed by atoms with Gasteiger partial charge < -0.3 is 10.2 Å². The van der Waals surface area contributed by atoms with Gasteiger partial charge in [-0.1, -0.05) is 83.9 Å². The monoisotopic (exact) mass is 482 g/mol. The molecule has 4 nitrogen and oxygen atoms in total. The summed E-state index contributed by atoms with van der Waals surface area (Å²) in [5.41, 5.74) is 3.68. The Bertz CT molecular complexity index is 1100. The second-order valence-electron chi connectivity index (χ2n) is 7.96. The summed E-state index contributed by atoms with van der Waals surface area (Å²) < 4.78 is 0. The molecule has 0 aromatic heterocycles. The molecule has 0 saturated heterocycles. The summed E-state index contributed by atoms with van der Waals surface area (Å²) in [6.07, 6.45) is 0.597. The highest BCUT2D eigenvalue weighted by Crippen LogP contribution is 2.25. The van der Waals surface area contributed by atoms with E-state index in [1.165, 1.54) is 0 Å². The van der Waals surface area contributed by atoms with Crippen molar-refractivity contribution in [2.24, 2.45) is 0 Å². The third kappa shape index (κ3) is 6.83. The molecule has 0 fully saturated rings. The van der Waals surface area contributed by atoms with E-state index in [0.29, 0.717) is 23.0 Å². The zero-order valence-corrected chi connectivity index (χ0v) is 20.4. The molecule has 0 saturated carbocycles. The fourth-order valence-electron chi connectivity index (χ4n) is 3.75. The fraction of sp³-hybridized carbons (Fsp3) is 0.259. The van der Waals surface area contributed by atoms with Gasteiger partial charge in [0.25, 0.3) is 0 Å². The highest BCUT2D eigenvalue weighted by Gasteiger charge is 2.30. The van der Waals surface area contributed by atoms with Crippen LogP contribution in [0.3, 0.4) is 0 Å². The van der Waals surface area contributed by atoms with Crippen LogP contribution in [0.5, 0.6) is 0 Å². The lowest BCUT2D eigenvalue weighted by molar-refractivity contribution is -0.140. The van der Waals surface area contributed by atoms with Crippen molar-refractivity contribution >= 4 is 35.0 Å². The van der Waals surface area contributed by atoms with Gasteiger partial charge in [0.15, 0.2) is 0 Å². The molecule has 172 valence electrons. The number of carbonyl (C=O) groups is 2. The van der Waals surface area contributed by atoms with Crippen LogP contribution in [0.2, 0.25) is 10.0 Å². The third-order valence-corrected chi connectivity index (χ3v) is 6.17. The number of hydrogen-bond donors (Lipinski definition) is 1. The van der Waals surface area contributed by atoms with Crippen LogP contribution in [0.1, 0.15) is 29.2 Å². The molecule has 0 radical (unpaired) electrons. The van der Waals surface area contributed by atoms with E-state index in [-0.39, 0.29) is 24.8 Å². The molecular weight excluding hydrogens is 455 g/mol. The van der Waals surface area contributed by atoms with Crippen LogP contribution < -0.4 is 5.32 Å². The van der Waals surface area contributed by atoms with Crippen molar-refractivity contribution in [1.82, 2.24) is 10.2 Å². The first-order valence-electron chi connectivity index (χ1n) is 11.0. The summed E-state index contributed by atoms with van der Waals surface area (Å²) in [4.78, 5) is 28.5. The summed E-state index contributed by atoms with van der Waals surface area (Å²) >= 11 is 12.5. The Morgan fingerprint density at radius 3 is 2.30 bits per heavy atom. The van der Waals surface area contributed by atoms with Crippen molar-refractivity contribution in [2.45, 2.75) is 39.3 Å².